The van der Waals surface area contributed by atoms with Crippen LogP contribution in [0, 0.1) is 17.8 Å². The summed E-state index contributed by atoms with van der Waals surface area (Å²) in [5.41, 5.74) is 0. The lowest BCUT2D eigenvalue weighted by molar-refractivity contribution is -0.143. The third kappa shape index (κ3) is 2.33. The third-order valence-electron chi connectivity index (χ3n) is 4.65. The van der Waals surface area contributed by atoms with Gasteiger partial charge < -0.3 is 9.84 Å². The molecule has 2 heterocycles. The van der Waals surface area contributed by atoms with Crippen molar-refractivity contribution in [1.29, 1.82) is 0 Å². The smallest absolute Gasteiger partial charge is 0.308 e. The summed E-state index contributed by atoms with van der Waals surface area (Å²) in [6.45, 7) is 3.42. The average Bonchev–Trinajstić information content (AvgIpc) is 3.09. The van der Waals surface area contributed by atoms with Gasteiger partial charge in [-0.05, 0) is 37.5 Å². The highest BCUT2D eigenvalue weighted by Gasteiger charge is 2.45. The highest BCUT2D eigenvalue weighted by atomic mass is 16.5. The van der Waals surface area contributed by atoms with Crippen LogP contribution in [0.1, 0.15) is 25.7 Å². The third-order valence-corrected chi connectivity index (χ3v) is 4.65. The van der Waals surface area contributed by atoms with Crippen molar-refractivity contribution in [3.63, 3.8) is 0 Å². The van der Waals surface area contributed by atoms with Crippen molar-refractivity contribution >= 4 is 5.97 Å². The van der Waals surface area contributed by atoms with Gasteiger partial charge in [0.15, 0.2) is 0 Å². The van der Waals surface area contributed by atoms with Crippen LogP contribution in [0.15, 0.2) is 0 Å². The predicted octanol–water partition coefficient (Wildman–Crippen LogP) is 1.21. The van der Waals surface area contributed by atoms with Gasteiger partial charge in [-0.3, -0.25) is 9.69 Å². The molecule has 2 saturated heterocycles. The lowest BCUT2D eigenvalue weighted by atomic mass is 9.80. The predicted molar refractivity (Wildman–Crippen MR) is 62.8 cm³/mol. The molecule has 2 aliphatic heterocycles. The lowest BCUT2D eigenvalue weighted by Gasteiger charge is -2.29. The van der Waals surface area contributed by atoms with Crippen molar-refractivity contribution in [2.45, 2.75) is 31.7 Å². The Morgan fingerprint density at radius 2 is 1.82 bits per heavy atom. The molecule has 3 aliphatic rings. The van der Waals surface area contributed by atoms with Crippen molar-refractivity contribution in [2.24, 2.45) is 17.8 Å². The molecule has 1 aliphatic carbocycles. The van der Waals surface area contributed by atoms with Crippen LogP contribution in [0.4, 0.5) is 0 Å². The number of carbonyl (C=O) groups is 1. The molecular formula is C13H21NO3. The molecule has 0 radical (unpaired) electrons. The zero-order chi connectivity index (χ0) is 11.8. The monoisotopic (exact) mass is 239 g/mol. The van der Waals surface area contributed by atoms with E-state index in [9.17, 15) is 9.90 Å². The maximum atomic E-state index is 11.4. The quantitative estimate of drug-likeness (QED) is 0.804. The van der Waals surface area contributed by atoms with Crippen LogP contribution < -0.4 is 0 Å². The molecule has 3 fully saturated rings. The number of nitrogens with zero attached hydrogens (tertiary/aromatic N) is 1. The molecule has 1 N–H and O–H groups in total. The average molecular weight is 239 g/mol. The van der Waals surface area contributed by atoms with Gasteiger partial charge >= 0.3 is 5.97 Å². The topological polar surface area (TPSA) is 49.8 Å². The van der Waals surface area contributed by atoms with Crippen LogP contribution in [-0.4, -0.2) is 48.3 Å². The molecule has 0 aromatic heterocycles. The Morgan fingerprint density at radius 1 is 1.12 bits per heavy atom. The first-order chi connectivity index (χ1) is 8.25. The molecule has 3 rings (SSSR count). The fourth-order valence-electron chi connectivity index (χ4n) is 3.48. The summed E-state index contributed by atoms with van der Waals surface area (Å²) < 4.78 is 5.38. The maximum absolute atomic E-state index is 11.4. The number of aliphatic carboxylic acids is 1. The molecule has 2 atom stereocenters. The molecule has 0 aromatic carbocycles. The minimum atomic E-state index is -0.593. The van der Waals surface area contributed by atoms with Crippen molar-refractivity contribution in [2.75, 3.05) is 26.3 Å². The number of ether oxygens (including phenoxy) is 1. The van der Waals surface area contributed by atoms with E-state index in [0.717, 1.165) is 39.1 Å². The van der Waals surface area contributed by atoms with Crippen LogP contribution in [-0.2, 0) is 9.53 Å². The highest BCUT2D eigenvalue weighted by Crippen LogP contribution is 2.40. The van der Waals surface area contributed by atoms with Crippen molar-refractivity contribution in [3.8, 4) is 0 Å². The van der Waals surface area contributed by atoms with E-state index >= 15 is 0 Å². The zero-order valence-electron chi connectivity index (χ0n) is 10.2. The van der Waals surface area contributed by atoms with E-state index in [1.54, 1.807) is 0 Å². The van der Waals surface area contributed by atoms with Gasteiger partial charge in [0, 0.05) is 32.3 Å². The summed E-state index contributed by atoms with van der Waals surface area (Å²) >= 11 is 0. The second-order valence-electron chi connectivity index (χ2n) is 5.74. The summed E-state index contributed by atoms with van der Waals surface area (Å²) in [4.78, 5) is 13.8. The summed E-state index contributed by atoms with van der Waals surface area (Å²) in [5.74, 6) is 0.189. The molecule has 4 heteroatoms. The van der Waals surface area contributed by atoms with Gasteiger partial charge in [0.25, 0.3) is 0 Å². The van der Waals surface area contributed by atoms with E-state index in [4.69, 9.17) is 4.74 Å². The van der Waals surface area contributed by atoms with E-state index in [-0.39, 0.29) is 5.92 Å². The molecule has 4 nitrogen and oxygen atoms in total. The van der Waals surface area contributed by atoms with Gasteiger partial charge in [-0.1, -0.05) is 0 Å². The minimum absolute atomic E-state index is 0.140. The van der Waals surface area contributed by atoms with E-state index < -0.39 is 5.97 Å². The number of carboxylic acids is 1. The van der Waals surface area contributed by atoms with Crippen molar-refractivity contribution in [3.05, 3.63) is 0 Å². The van der Waals surface area contributed by atoms with Gasteiger partial charge in [0.05, 0.1) is 5.92 Å². The van der Waals surface area contributed by atoms with Gasteiger partial charge in [0.2, 0.25) is 0 Å². The summed E-state index contributed by atoms with van der Waals surface area (Å²) in [7, 11) is 0. The van der Waals surface area contributed by atoms with Crippen molar-refractivity contribution < 1.29 is 14.6 Å². The number of hydrogen-bond acceptors (Lipinski definition) is 3. The Kier molecular flexibility index (Phi) is 3.09. The van der Waals surface area contributed by atoms with Gasteiger partial charge in [-0.15, -0.1) is 0 Å². The van der Waals surface area contributed by atoms with Crippen LogP contribution >= 0.6 is 0 Å². The molecule has 1 saturated carbocycles. The Morgan fingerprint density at radius 3 is 2.41 bits per heavy atom. The number of rotatable bonds is 3. The van der Waals surface area contributed by atoms with Gasteiger partial charge in [-0.2, -0.15) is 0 Å². The molecule has 0 amide bonds. The molecule has 96 valence electrons. The fraction of sp³-hybridized carbons (Fsp3) is 0.923. The van der Waals surface area contributed by atoms with Crippen LogP contribution in [0.5, 0.6) is 0 Å². The SMILES string of the molecule is O=C(O)[C@@H]1CN(C2CC2)C[C@H]1C1CCOCC1. The second kappa shape index (κ2) is 4.58. The maximum Gasteiger partial charge on any atom is 0.308 e. The normalized spacial score (nSPS) is 36.2. The molecule has 0 bridgehead atoms. The second-order valence-corrected chi connectivity index (χ2v) is 5.74. The Labute approximate surface area is 102 Å². The van der Waals surface area contributed by atoms with Gasteiger partial charge in [0.1, 0.15) is 0 Å². The summed E-state index contributed by atoms with van der Waals surface area (Å²) in [6, 6.07) is 0.696. The first-order valence-electron chi connectivity index (χ1n) is 6.80. The molecule has 0 spiro atoms. The number of carboxylic acid groups (broad SMARTS) is 1. The summed E-state index contributed by atoms with van der Waals surface area (Å²) in [6.07, 6.45) is 4.64. The van der Waals surface area contributed by atoms with E-state index in [0.29, 0.717) is 17.9 Å². The largest absolute Gasteiger partial charge is 0.481 e. The molecule has 0 unspecified atom stereocenters. The Hall–Kier alpha value is -0.610. The van der Waals surface area contributed by atoms with E-state index in [1.807, 2.05) is 0 Å². The van der Waals surface area contributed by atoms with Crippen LogP contribution in [0.2, 0.25) is 0 Å². The van der Waals surface area contributed by atoms with Crippen LogP contribution in [0.25, 0.3) is 0 Å². The Bertz CT molecular complexity index is 297. The minimum Gasteiger partial charge on any atom is -0.481 e. The fourth-order valence-corrected chi connectivity index (χ4v) is 3.48. The summed E-state index contributed by atoms with van der Waals surface area (Å²) in [5, 5.41) is 9.38. The number of hydrogen-bond donors (Lipinski definition) is 1. The first-order valence-corrected chi connectivity index (χ1v) is 6.80. The lowest BCUT2D eigenvalue weighted by Crippen LogP contribution is -2.31. The Balaban J connectivity index is 1.68. The first kappa shape index (κ1) is 11.5. The molecular weight excluding hydrogens is 218 g/mol. The van der Waals surface area contributed by atoms with E-state index in [1.165, 1.54) is 12.8 Å². The zero-order valence-corrected chi connectivity index (χ0v) is 10.2. The van der Waals surface area contributed by atoms with Gasteiger partial charge in [-0.25, -0.2) is 0 Å². The molecule has 0 aromatic rings. The number of likely N-dealkylation sites (tertiary alicyclic amines) is 1. The molecule has 17 heavy (non-hydrogen) atoms. The van der Waals surface area contributed by atoms with E-state index in [2.05, 4.69) is 4.90 Å². The standard InChI is InChI=1S/C13H21NO3/c15-13(16)12-8-14(10-1-2-10)7-11(12)9-3-5-17-6-4-9/h9-12H,1-8H2,(H,15,16)/t11-,12+/m0/s1. The highest BCUT2D eigenvalue weighted by molar-refractivity contribution is 5.71. The van der Waals surface area contributed by atoms with Crippen LogP contribution in [0.3, 0.4) is 0 Å². The van der Waals surface area contributed by atoms with Crippen molar-refractivity contribution in [1.82, 2.24) is 4.90 Å².